The van der Waals surface area contributed by atoms with E-state index >= 15 is 4.39 Å². The molecule has 5 heterocycles. The Bertz CT molecular complexity index is 2560. The van der Waals surface area contributed by atoms with Crippen molar-refractivity contribution in [2.75, 3.05) is 55.6 Å². The van der Waals surface area contributed by atoms with Gasteiger partial charge in [0, 0.05) is 91.9 Å². The number of amides is 5. The van der Waals surface area contributed by atoms with Crippen molar-refractivity contribution in [3.05, 3.63) is 94.9 Å². The Morgan fingerprint density at radius 1 is 0.889 bits per heavy atom. The fourth-order valence-electron chi connectivity index (χ4n) is 10.9. The second-order valence-electron chi connectivity index (χ2n) is 18.7. The smallest absolute Gasteiger partial charge is 0.262 e. The molecular formula is C48H51FN8O6. The SMILES string of the molecule is CC1(C)C(NC(=O)c2ccc(N3CCC(CN4CCN(c5cc6c(cc5F)C(=O)N(C5CCC(=O)NC5=O)C6=O)CC4)CC3)cc2)C(C)(C)C1Oc1ccc(C#N)c2ncccc12. The molecule has 5 aliphatic rings. The van der Waals surface area contributed by atoms with Crippen LogP contribution < -0.4 is 25.2 Å². The number of fused-ring (bicyclic) bond motifs is 2. The Labute approximate surface area is 365 Å². The van der Waals surface area contributed by atoms with Crippen LogP contribution in [0.4, 0.5) is 15.8 Å². The first-order chi connectivity index (χ1) is 30.1. The number of nitrogens with zero attached hydrogens (tertiary/aromatic N) is 6. The van der Waals surface area contributed by atoms with Crippen molar-refractivity contribution in [1.82, 2.24) is 25.4 Å². The molecule has 0 radical (unpaired) electrons. The van der Waals surface area contributed by atoms with Crippen LogP contribution in [0.25, 0.3) is 10.9 Å². The van der Waals surface area contributed by atoms with Gasteiger partial charge in [-0.3, -0.25) is 44.1 Å². The molecule has 1 atom stereocenters. The molecule has 14 nitrogen and oxygen atoms in total. The van der Waals surface area contributed by atoms with E-state index in [0.29, 0.717) is 41.4 Å². The van der Waals surface area contributed by atoms with Crippen molar-refractivity contribution in [3.63, 3.8) is 0 Å². The number of halogens is 1. The van der Waals surface area contributed by atoms with Crippen molar-refractivity contribution < 1.29 is 33.1 Å². The van der Waals surface area contributed by atoms with Gasteiger partial charge in [0.15, 0.2) is 0 Å². The summed E-state index contributed by atoms with van der Waals surface area (Å²) in [4.78, 5) is 76.2. The van der Waals surface area contributed by atoms with Gasteiger partial charge in [0.1, 0.15) is 29.8 Å². The minimum Gasteiger partial charge on any atom is -0.488 e. The summed E-state index contributed by atoms with van der Waals surface area (Å²) in [5.41, 5.74) is 2.29. The van der Waals surface area contributed by atoms with Crippen molar-refractivity contribution in [3.8, 4) is 11.8 Å². The number of hydrogen-bond acceptors (Lipinski definition) is 11. The molecule has 4 aliphatic heterocycles. The molecule has 4 aromatic rings. The molecule has 5 amide bonds. The van der Waals surface area contributed by atoms with Crippen LogP contribution in [0.1, 0.15) is 90.0 Å². The van der Waals surface area contributed by atoms with E-state index in [2.05, 4.69) is 59.2 Å². The molecule has 4 fully saturated rings. The van der Waals surface area contributed by atoms with Gasteiger partial charge in [-0.1, -0.05) is 27.7 Å². The van der Waals surface area contributed by atoms with E-state index in [1.165, 1.54) is 6.07 Å². The molecule has 9 rings (SSSR count). The summed E-state index contributed by atoms with van der Waals surface area (Å²) < 4.78 is 22.1. The Kier molecular flexibility index (Phi) is 10.7. The zero-order chi connectivity index (χ0) is 44.4. The van der Waals surface area contributed by atoms with E-state index < -0.39 is 35.5 Å². The largest absolute Gasteiger partial charge is 0.488 e. The van der Waals surface area contributed by atoms with Crippen LogP contribution in [0.2, 0.25) is 0 Å². The van der Waals surface area contributed by atoms with Crippen molar-refractivity contribution in [2.24, 2.45) is 16.7 Å². The second kappa shape index (κ2) is 16.1. The van der Waals surface area contributed by atoms with E-state index in [9.17, 15) is 29.2 Å². The Balaban J connectivity index is 0.748. The lowest BCUT2D eigenvalue weighted by atomic mass is 9.49. The number of benzene rings is 3. The summed E-state index contributed by atoms with van der Waals surface area (Å²) in [7, 11) is 0. The zero-order valence-electron chi connectivity index (χ0n) is 35.9. The Hall–Kier alpha value is -6.40. The molecule has 0 spiro atoms. The molecule has 63 heavy (non-hydrogen) atoms. The standard InChI is InChI=1S/C48H51FN8O6/c1-47(2)45(48(3,4)46(47)63-38-13-9-30(26-50)40-32(38)6-5-17-51-40)53-41(59)29-7-10-31(11-8-29)55-18-15-28(16-19-55)27-54-20-22-56(23-21-54)37-25-34-33(24-35(37)49)43(61)57(44(34)62)36-12-14-39(58)52-42(36)60/h5-11,13,17,24-25,28,36,45-46H,12,14-16,18-23,27H2,1-4H3,(H,53,59)(H,52,58,60). The topological polar surface area (TPSA) is 168 Å². The molecule has 1 saturated carbocycles. The fourth-order valence-corrected chi connectivity index (χ4v) is 10.9. The molecule has 15 heteroatoms. The minimum absolute atomic E-state index is 0.0151. The third-order valence-electron chi connectivity index (χ3n) is 14.1. The van der Waals surface area contributed by atoms with Crippen LogP contribution in [0.3, 0.4) is 0 Å². The summed E-state index contributed by atoms with van der Waals surface area (Å²) in [5, 5.41) is 15.9. The maximum atomic E-state index is 15.5. The number of nitrogens with one attached hydrogen (secondary N) is 2. The first-order valence-electron chi connectivity index (χ1n) is 21.8. The Morgan fingerprint density at radius 3 is 2.24 bits per heavy atom. The number of hydrogen-bond donors (Lipinski definition) is 2. The summed E-state index contributed by atoms with van der Waals surface area (Å²) in [6, 6.07) is 18.6. The average molecular weight is 855 g/mol. The first kappa shape index (κ1) is 41.9. The minimum atomic E-state index is -1.10. The molecule has 1 aliphatic carbocycles. The van der Waals surface area contributed by atoms with Crippen molar-refractivity contribution in [1.29, 1.82) is 5.26 Å². The predicted molar refractivity (Wildman–Crippen MR) is 233 cm³/mol. The van der Waals surface area contributed by atoms with Gasteiger partial charge in [0.05, 0.1) is 27.9 Å². The van der Waals surface area contributed by atoms with Crippen molar-refractivity contribution in [2.45, 2.75) is 71.6 Å². The average Bonchev–Trinajstić information content (AvgIpc) is 3.51. The van der Waals surface area contributed by atoms with Gasteiger partial charge in [0.2, 0.25) is 11.8 Å². The van der Waals surface area contributed by atoms with Gasteiger partial charge < -0.3 is 19.9 Å². The van der Waals surface area contributed by atoms with Gasteiger partial charge in [-0.05, 0) is 85.8 Å². The molecule has 326 valence electrons. The van der Waals surface area contributed by atoms with E-state index in [1.807, 2.05) is 47.4 Å². The van der Waals surface area contributed by atoms with Gasteiger partial charge in [-0.2, -0.15) is 5.26 Å². The highest BCUT2D eigenvalue weighted by Crippen LogP contribution is 2.56. The summed E-state index contributed by atoms with van der Waals surface area (Å²) in [5.74, 6) is -2.07. The van der Waals surface area contributed by atoms with Gasteiger partial charge in [-0.25, -0.2) is 4.39 Å². The number of nitriles is 1. The number of anilines is 2. The maximum absolute atomic E-state index is 15.5. The Morgan fingerprint density at radius 2 is 1.57 bits per heavy atom. The summed E-state index contributed by atoms with van der Waals surface area (Å²) in [6.45, 7) is 13.7. The number of imide groups is 2. The zero-order valence-corrected chi connectivity index (χ0v) is 35.9. The number of aromatic nitrogens is 1. The van der Waals surface area contributed by atoms with Gasteiger partial charge in [-0.15, -0.1) is 0 Å². The first-order valence-corrected chi connectivity index (χ1v) is 21.8. The van der Waals surface area contributed by atoms with Crippen molar-refractivity contribution >= 4 is 51.8 Å². The second-order valence-corrected chi connectivity index (χ2v) is 18.7. The van der Waals surface area contributed by atoms with Crippen LogP contribution in [0.15, 0.2) is 66.9 Å². The summed E-state index contributed by atoms with van der Waals surface area (Å²) in [6.07, 6.45) is 3.56. The van der Waals surface area contributed by atoms with E-state index in [4.69, 9.17) is 4.74 Å². The highest BCUT2D eigenvalue weighted by molar-refractivity contribution is 6.23. The monoisotopic (exact) mass is 854 g/mol. The van der Waals surface area contributed by atoms with E-state index in [-0.39, 0.29) is 58.5 Å². The maximum Gasteiger partial charge on any atom is 0.262 e. The highest BCUT2D eigenvalue weighted by atomic mass is 19.1. The van der Waals surface area contributed by atoms with E-state index in [1.54, 1.807) is 12.3 Å². The lowest BCUT2D eigenvalue weighted by Gasteiger charge is -2.63. The number of carbonyl (C=O) groups is 5. The van der Waals surface area contributed by atoms with Crippen LogP contribution >= 0.6 is 0 Å². The fraction of sp³-hybridized carbons (Fsp3) is 0.438. The molecule has 2 N–H and O–H groups in total. The molecule has 3 saturated heterocycles. The lowest BCUT2D eigenvalue weighted by Crippen LogP contribution is -2.74. The third-order valence-corrected chi connectivity index (χ3v) is 14.1. The molecule has 1 unspecified atom stereocenters. The predicted octanol–water partition coefficient (Wildman–Crippen LogP) is 5.30. The van der Waals surface area contributed by atoms with Crippen LogP contribution in [0.5, 0.6) is 5.75 Å². The molecular weight excluding hydrogens is 804 g/mol. The normalized spacial score (nSPS) is 23.6. The number of rotatable bonds is 9. The van der Waals surface area contributed by atoms with E-state index in [0.717, 1.165) is 67.6 Å². The quantitative estimate of drug-likeness (QED) is 0.210. The number of piperazine rings is 1. The van der Waals surface area contributed by atoms with Crippen LogP contribution in [0, 0.1) is 33.9 Å². The number of ether oxygens (including phenoxy) is 1. The van der Waals surface area contributed by atoms with Gasteiger partial charge >= 0.3 is 0 Å². The third kappa shape index (κ3) is 7.43. The van der Waals surface area contributed by atoms with Crippen LogP contribution in [-0.4, -0.2) is 108 Å². The number of piperidine rings is 2. The molecule has 0 bridgehead atoms. The molecule has 3 aromatic carbocycles. The number of carbonyl (C=O) groups excluding carboxylic acids is 5. The number of pyridine rings is 1. The lowest BCUT2D eigenvalue weighted by molar-refractivity contribution is -0.163. The molecule has 1 aromatic heterocycles. The summed E-state index contributed by atoms with van der Waals surface area (Å²) >= 11 is 0. The van der Waals surface area contributed by atoms with Crippen LogP contribution in [-0.2, 0) is 9.59 Å². The highest BCUT2D eigenvalue weighted by Gasteiger charge is 2.64. The van der Waals surface area contributed by atoms with Gasteiger partial charge in [0.25, 0.3) is 17.7 Å².